The number of hydrogen-bond acceptors (Lipinski definition) is 4. The van der Waals surface area contributed by atoms with Crippen LogP contribution >= 0.6 is 0 Å². The molecule has 0 radical (unpaired) electrons. The summed E-state index contributed by atoms with van der Waals surface area (Å²) in [4.78, 5) is 5.58. The summed E-state index contributed by atoms with van der Waals surface area (Å²) in [5.41, 5.74) is 0. The van der Waals surface area contributed by atoms with Gasteiger partial charge in [0.2, 0.25) is 0 Å². The molecule has 3 rings (SSSR count). The summed E-state index contributed by atoms with van der Waals surface area (Å²) >= 11 is 0. The van der Waals surface area contributed by atoms with E-state index in [9.17, 15) is 0 Å². The summed E-state index contributed by atoms with van der Waals surface area (Å²) in [6.45, 7) is 1.88. The van der Waals surface area contributed by atoms with E-state index < -0.39 is 0 Å². The highest BCUT2D eigenvalue weighted by molar-refractivity contribution is 5.41. The number of rotatable bonds is 1. The summed E-state index contributed by atoms with van der Waals surface area (Å²) < 4.78 is 4.99. The van der Waals surface area contributed by atoms with Crippen LogP contribution in [0.1, 0.15) is 12.2 Å². The number of anilines is 1. The highest BCUT2D eigenvalue weighted by Crippen LogP contribution is 2.32. The molecule has 2 aliphatic rings. The molecule has 1 aliphatic heterocycles. The molecule has 1 aliphatic carbocycles. The Kier molecular flexibility index (Phi) is 1.29. The van der Waals surface area contributed by atoms with Gasteiger partial charge in [0.15, 0.2) is 5.82 Å². The lowest BCUT2D eigenvalue weighted by Crippen LogP contribution is -2.28. The Morgan fingerprint density at radius 1 is 1.54 bits per heavy atom. The van der Waals surface area contributed by atoms with E-state index in [2.05, 4.69) is 17.3 Å². The van der Waals surface area contributed by atoms with Crippen molar-refractivity contribution in [3.8, 4) is 0 Å². The molecule has 1 saturated heterocycles. The SMILES string of the molecule is Cc1cc(N2O[C@H]3C=C[C@@H]2C3)no1. The first kappa shape index (κ1) is 7.15. The Labute approximate surface area is 75.7 Å². The normalized spacial score (nSPS) is 30.4. The van der Waals surface area contributed by atoms with Crippen molar-refractivity contribution in [2.45, 2.75) is 25.5 Å². The van der Waals surface area contributed by atoms with Crippen LogP contribution in [0, 0.1) is 6.92 Å². The third-order valence-electron chi connectivity index (χ3n) is 2.41. The van der Waals surface area contributed by atoms with Gasteiger partial charge in [0.1, 0.15) is 11.9 Å². The minimum Gasteiger partial charge on any atom is -0.359 e. The first-order valence-electron chi connectivity index (χ1n) is 4.40. The molecule has 2 heterocycles. The Bertz CT molecular complexity index is 358. The molecular weight excluding hydrogens is 168 g/mol. The van der Waals surface area contributed by atoms with Gasteiger partial charge in [0.05, 0.1) is 6.04 Å². The molecule has 2 atom stereocenters. The topological polar surface area (TPSA) is 38.5 Å². The van der Waals surface area contributed by atoms with Crippen molar-refractivity contribution >= 4 is 5.82 Å². The van der Waals surface area contributed by atoms with E-state index in [0.717, 1.165) is 18.0 Å². The smallest absolute Gasteiger partial charge is 0.196 e. The molecule has 13 heavy (non-hydrogen) atoms. The highest BCUT2D eigenvalue weighted by atomic mass is 16.7. The van der Waals surface area contributed by atoms with Gasteiger partial charge < -0.3 is 4.52 Å². The lowest BCUT2D eigenvalue weighted by molar-refractivity contribution is 0.107. The van der Waals surface area contributed by atoms with Crippen LogP contribution in [0.15, 0.2) is 22.7 Å². The van der Waals surface area contributed by atoms with Gasteiger partial charge in [-0.05, 0) is 6.92 Å². The van der Waals surface area contributed by atoms with Crippen LogP contribution in [-0.4, -0.2) is 17.3 Å². The van der Waals surface area contributed by atoms with E-state index >= 15 is 0 Å². The van der Waals surface area contributed by atoms with Crippen LogP contribution in [0.25, 0.3) is 0 Å². The molecule has 68 valence electrons. The summed E-state index contributed by atoms with van der Waals surface area (Å²) in [6.07, 6.45) is 5.51. The molecule has 1 aromatic rings. The van der Waals surface area contributed by atoms with Gasteiger partial charge in [-0.15, -0.1) is 0 Å². The maximum Gasteiger partial charge on any atom is 0.196 e. The number of hydrogen-bond donors (Lipinski definition) is 0. The largest absolute Gasteiger partial charge is 0.359 e. The minimum atomic E-state index is 0.238. The molecule has 1 aromatic heterocycles. The summed E-state index contributed by atoms with van der Waals surface area (Å²) in [6, 6.07) is 2.23. The summed E-state index contributed by atoms with van der Waals surface area (Å²) in [5, 5.41) is 5.73. The maximum absolute atomic E-state index is 5.58. The van der Waals surface area contributed by atoms with Crippen LogP contribution in [0.3, 0.4) is 0 Å². The van der Waals surface area contributed by atoms with Gasteiger partial charge in [-0.2, -0.15) is 0 Å². The lowest BCUT2D eigenvalue weighted by Gasteiger charge is -2.20. The molecule has 0 amide bonds. The fraction of sp³-hybridized carbons (Fsp3) is 0.444. The summed E-state index contributed by atoms with van der Waals surface area (Å²) in [7, 11) is 0. The summed E-state index contributed by atoms with van der Waals surface area (Å²) in [5.74, 6) is 1.58. The Balaban J connectivity index is 1.91. The second-order valence-corrected chi connectivity index (χ2v) is 3.45. The van der Waals surface area contributed by atoms with Crippen molar-refractivity contribution in [3.05, 3.63) is 24.0 Å². The van der Waals surface area contributed by atoms with Gasteiger partial charge in [0, 0.05) is 12.5 Å². The number of aromatic nitrogens is 1. The predicted molar refractivity (Wildman–Crippen MR) is 46.1 cm³/mol. The third kappa shape index (κ3) is 0.986. The van der Waals surface area contributed by atoms with Gasteiger partial charge in [-0.25, -0.2) is 5.06 Å². The number of aryl methyl sites for hydroxylation is 1. The quantitative estimate of drug-likeness (QED) is 0.610. The number of fused-ring (bicyclic) bond motifs is 2. The lowest BCUT2D eigenvalue weighted by atomic mass is 10.2. The molecule has 4 heteroatoms. The minimum absolute atomic E-state index is 0.238. The molecule has 1 fully saturated rings. The molecular formula is C9H10N2O2. The predicted octanol–water partition coefficient (Wildman–Crippen LogP) is 1.43. The fourth-order valence-electron chi connectivity index (χ4n) is 1.80. The fourth-order valence-corrected chi connectivity index (χ4v) is 1.80. The zero-order chi connectivity index (χ0) is 8.84. The zero-order valence-electron chi connectivity index (χ0n) is 7.30. The van der Waals surface area contributed by atoms with Gasteiger partial charge >= 0.3 is 0 Å². The van der Waals surface area contributed by atoms with E-state index in [1.54, 1.807) is 0 Å². The highest BCUT2D eigenvalue weighted by Gasteiger charge is 2.36. The van der Waals surface area contributed by atoms with Crippen molar-refractivity contribution in [2.75, 3.05) is 5.06 Å². The van der Waals surface area contributed by atoms with Crippen LogP contribution in [0.5, 0.6) is 0 Å². The van der Waals surface area contributed by atoms with Crippen LogP contribution in [-0.2, 0) is 4.84 Å². The first-order chi connectivity index (χ1) is 6.33. The van der Waals surface area contributed by atoms with E-state index in [-0.39, 0.29) is 6.10 Å². The monoisotopic (exact) mass is 178 g/mol. The molecule has 0 unspecified atom stereocenters. The number of hydroxylamine groups is 1. The zero-order valence-corrected chi connectivity index (χ0v) is 7.30. The Morgan fingerprint density at radius 3 is 3.00 bits per heavy atom. The van der Waals surface area contributed by atoms with Gasteiger partial charge in [-0.3, -0.25) is 4.84 Å². The average Bonchev–Trinajstić information content (AvgIpc) is 2.77. The van der Waals surface area contributed by atoms with Crippen LogP contribution in [0.2, 0.25) is 0 Å². The molecule has 0 aromatic carbocycles. The average molecular weight is 178 g/mol. The molecule has 2 bridgehead atoms. The van der Waals surface area contributed by atoms with Crippen molar-refractivity contribution in [3.63, 3.8) is 0 Å². The van der Waals surface area contributed by atoms with Crippen molar-refractivity contribution in [1.29, 1.82) is 0 Å². The van der Waals surface area contributed by atoms with E-state index in [1.807, 2.05) is 18.1 Å². The molecule has 4 nitrogen and oxygen atoms in total. The second kappa shape index (κ2) is 2.35. The number of nitrogens with zero attached hydrogens (tertiary/aromatic N) is 2. The van der Waals surface area contributed by atoms with Crippen LogP contribution < -0.4 is 5.06 Å². The molecule has 0 saturated carbocycles. The van der Waals surface area contributed by atoms with Crippen molar-refractivity contribution in [1.82, 2.24) is 5.16 Å². The first-order valence-corrected chi connectivity index (χ1v) is 4.40. The molecule has 0 N–H and O–H groups in total. The van der Waals surface area contributed by atoms with Gasteiger partial charge in [-0.1, -0.05) is 17.3 Å². The van der Waals surface area contributed by atoms with Crippen molar-refractivity contribution < 1.29 is 9.36 Å². The van der Waals surface area contributed by atoms with E-state index in [0.29, 0.717) is 6.04 Å². The molecule has 0 spiro atoms. The second-order valence-electron chi connectivity index (χ2n) is 3.45. The third-order valence-corrected chi connectivity index (χ3v) is 2.41. The van der Waals surface area contributed by atoms with Crippen molar-refractivity contribution in [2.24, 2.45) is 0 Å². The standard InChI is InChI=1S/C9H10N2O2/c1-6-4-9(10-12-6)11-7-2-3-8(5-7)13-11/h2-4,7-8H,5H2,1H3/t7-,8+/m1/s1. The maximum atomic E-state index is 5.58. The Morgan fingerprint density at radius 2 is 2.46 bits per heavy atom. The Hall–Kier alpha value is -1.29. The van der Waals surface area contributed by atoms with Crippen LogP contribution in [0.4, 0.5) is 5.82 Å². The van der Waals surface area contributed by atoms with E-state index in [4.69, 9.17) is 9.36 Å². The van der Waals surface area contributed by atoms with Gasteiger partial charge in [0.25, 0.3) is 0 Å². The van der Waals surface area contributed by atoms with E-state index in [1.165, 1.54) is 0 Å².